The molecule has 1 aromatic rings. The molecule has 1 aliphatic heterocycles. The van der Waals surface area contributed by atoms with Gasteiger partial charge in [0.05, 0.1) is 6.61 Å². The minimum absolute atomic E-state index is 0.405. The van der Waals surface area contributed by atoms with Gasteiger partial charge in [-0.15, -0.1) is 0 Å². The van der Waals surface area contributed by atoms with E-state index >= 15 is 0 Å². The molecule has 1 fully saturated rings. The molecular formula is C16H21NO7. The molecule has 3 N–H and O–H groups in total. The Bertz CT molecular complexity index is 565. The summed E-state index contributed by atoms with van der Waals surface area (Å²) in [5.41, 5.74) is 0. The number of rotatable bonds is 5. The quantitative estimate of drug-likeness (QED) is 0.624. The van der Waals surface area contributed by atoms with Crippen LogP contribution in [0.4, 0.5) is 0 Å². The van der Waals surface area contributed by atoms with Crippen molar-refractivity contribution in [2.75, 3.05) is 6.61 Å². The molecule has 1 aliphatic rings. The second kappa shape index (κ2) is 8.09. The predicted molar refractivity (Wildman–Crippen MR) is 82.0 cm³/mol. The molecule has 0 bridgehead atoms. The van der Waals surface area contributed by atoms with Crippen LogP contribution >= 0.6 is 0 Å². The van der Waals surface area contributed by atoms with Gasteiger partial charge in [-0.25, -0.2) is 0 Å². The van der Waals surface area contributed by atoms with Gasteiger partial charge in [-0.1, -0.05) is 18.2 Å². The van der Waals surface area contributed by atoms with Crippen LogP contribution in [0.5, 0.6) is 5.75 Å². The molecule has 8 nitrogen and oxygen atoms in total. The number of hydrogen-bond donors (Lipinski definition) is 3. The van der Waals surface area contributed by atoms with Crippen molar-refractivity contribution in [3.8, 4) is 5.75 Å². The monoisotopic (exact) mass is 339 g/mol. The lowest BCUT2D eigenvalue weighted by Gasteiger charge is -2.43. The van der Waals surface area contributed by atoms with E-state index in [0.29, 0.717) is 5.75 Å². The number of benzene rings is 1. The second-order valence-electron chi connectivity index (χ2n) is 5.45. The lowest BCUT2D eigenvalue weighted by atomic mass is 9.96. The number of hydrogen-bond acceptors (Lipinski definition) is 7. The number of carbonyl (C=O) groups is 2. The Labute approximate surface area is 139 Å². The average Bonchev–Trinajstić information content (AvgIpc) is 2.53. The summed E-state index contributed by atoms with van der Waals surface area (Å²) in [5.74, 6) is -0.573. The van der Waals surface area contributed by atoms with Crippen LogP contribution in [0.3, 0.4) is 0 Å². The summed E-state index contributed by atoms with van der Waals surface area (Å²) < 4.78 is 16.4. The molecular weight excluding hydrogens is 318 g/mol. The summed E-state index contributed by atoms with van der Waals surface area (Å²) >= 11 is 0. The van der Waals surface area contributed by atoms with Gasteiger partial charge in [0.15, 0.2) is 6.10 Å². The second-order valence-corrected chi connectivity index (χ2v) is 5.45. The van der Waals surface area contributed by atoms with E-state index in [9.17, 15) is 19.8 Å². The molecule has 0 saturated carbocycles. The van der Waals surface area contributed by atoms with Gasteiger partial charge in [0.1, 0.15) is 24.0 Å². The molecule has 0 aromatic heterocycles. The van der Waals surface area contributed by atoms with Crippen molar-refractivity contribution < 1.29 is 34.0 Å². The molecule has 8 heteroatoms. The van der Waals surface area contributed by atoms with Gasteiger partial charge in [0, 0.05) is 13.8 Å². The number of esters is 1. The number of amides is 1. The number of para-hydroxylation sites is 1. The molecule has 0 radical (unpaired) electrons. The molecule has 2 rings (SSSR count). The van der Waals surface area contributed by atoms with Crippen LogP contribution < -0.4 is 10.1 Å². The van der Waals surface area contributed by atoms with Crippen LogP contribution in [0.1, 0.15) is 13.8 Å². The zero-order chi connectivity index (χ0) is 17.7. The number of carbonyl (C=O) groups excluding carboxylic acids is 2. The van der Waals surface area contributed by atoms with Gasteiger partial charge in [-0.2, -0.15) is 0 Å². The normalized spacial score (nSPS) is 29.6. The first-order valence-corrected chi connectivity index (χ1v) is 7.52. The molecule has 5 atom stereocenters. The summed E-state index contributed by atoms with van der Waals surface area (Å²) in [6.07, 6.45) is -4.51. The summed E-state index contributed by atoms with van der Waals surface area (Å²) in [6, 6.07) is 7.76. The highest BCUT2D eigenvalue weighted by atomic mass is 16.7. The van der Waals surface area contributed by atoms with E-state index < -0.39 is 49.1 Å². The first-order valence-electron chi connectivity index (χ1n) is 7.52. The largest absolute Gasteiger partial charge is 0.463 e. The van der Waals surface area contributed by atoms with E-state index in [2.05, 4.69) is 5.32 Å². The Morgan fingerprint density at radius 2 is 1.92 bits per heavy atom. The molecule has 0 aliphatic carbocycles. The SMILES string of the molecule is CC(=O)N[C@H]1[C@H](Oc2ccccc2)O[C@@H](CO)[C@@H](O)[C@@H]1OC(C)=O. The zero-order valence-corrected chi connectivity index (χ0v) is 13.4. The van der Waals surface area contributed by atoms with Crippen LogP contribution in [-0.2, 0) is 19.1 Å². The van der Waals surface area contributed by atoms with E-state index in [1.54, 1.807) is 24.3 Å². The fourth-order valence-corrected chi connectivity index (χ4v) is 2.52. The molecule has 132 valence electrons. The van der Waals surface area contributed by atoms with Gasteiger partial charge < -0.3 is 29.7 Å². The van der Waals surface area contributed by atoms with Crippen molar-refractivity contribution in [1.82, 2.24) is 5.32 Å². The topological polar surface area (TPSA) is 114 Å². The van der Waals surface area contributed by atoms with Crippen LogP contribution in [0.25, 0.3) is 0 Å². The highest BCUT2D eigenvalue weighted by Gasteiger charge is 2.48. The fraction of sp³-hybridized carbons (Fsp3) is 0.500. The number of aliphatic hydroxyl groups is 2. The Balaban J connectivity index is 2.28. The van der Waals surface area contributed by atoms with E-state index in [-0.39, 0.29) is 0 Å². The Morgan fingerprint density at radius 1 is 1.25 bits per heavy atom. The highest BCUT2D eigenvalue weighted by Crippen LogP contribution is 2.26. The standard InChI is InChI=1S/C16H21NO7/c1-9(19)17-13-15(22-10(2)20)14(21)12(8-18)24-16(13)23-11-6-4-3-5-7-11/h3-7,12-16,18,21H,8H2,1-2H3,(H,17,19)/t12-,13+,14+,15+,16+/m0/s1. The fourth-order valence-electron chi connectivity index (χ4n) is 2.52. The molecule has 0 spiro atoms. The molecule has 1 saturated heterocycles. The maximum Gasteiger partial charge on any atom is 0.303 e. The maximum absolute atomic E-state index is 11.5. The first-order chi connectivity index (χ1) is 11.4. The molecule has 0 unspecified atom stereocenters. The zero-order valence-electron chi connectivity index (χ0n) is 13.4. The number of nitrogens with one attached hydrogen (secondary N) is 1. The molecule has 24 heavy (non-hydrogen) atoms. The van der Waals surface area contributed by atoms with E-state index in [1.807, 2.05) is 6.07 Å². The van der Waals surface area contributed by atoms with Crippen molar-refractivity contribution >= 4 is 11.9 Å². The van der Waals surface area contributed by atoms with E-state index in [0.717, 1.165) is 0 Å². The molecule has 1 heterocycles. The van der Waals surface area contributed by atoms with E-state index in [4.69, 9.17) is 14.2 Å². The first kappa shape index (κ1) is 18.2. The predicted octanol–water partition coefficient (Wildman–Crippen LogP) is -0.420. The maximum atomic E-state index is 11.5. The lowest BCUT2D eigenvalue weighted by Crippen LogP contribution is -2.66. The van der Waals surface area contributed by atoms with Gasteiger partial charge >= 0.3 is 5.97 Å². The van der Waals surface area contributed by atoms with E-state index in [1.165, 1.54) is 13.8 Å². The minimum atomic E-state index is -1.31. The van der Waals surface area contributed by atoms with Crippen LogP contribution in [0.15, 0.2) is 30.3 Å². The highest BCUT2D eigenvalue weighted by molar-refractivity contribution is 5.73. The third-order valence-electron chi connectivity index (χ3n) is 3.52. The minimum Gasteiger partial charge on any atom is -0.463 e. The Morgan fingerprint density at radius 3 is 2.46 bits per heavy atom. The van der Waals surface area contributed by atoms with Crippen molar-refractivity contribution in [1.29, 1.82) is 0 Å². The van der Waals surface area contributed by atoms with Crippen molar-refractivity contribution in [2.45, 2.75) is 44.5 Å². The summed E-state index contributed by atoms with van der Waals surface area (Å²) in [7, 11) is 0. The van der Waals surface area contributed by atoms with Crippen molar-refractivity contribution in [3.05, 3.63) is 30.3 Å². The smallest absolute Gasteiger partial charge is 0.303 e. The Hall–Kier alpha value is -2.16. The van der Waals surface area contributed by atoms with Crippen LogP contribution in [-0.4, -0.2) is 59.3 Å². The number of ether oxygens (including phenoxy) is 3. The third kappa shape index (κ3) is 4.44. The summed E-state index contributed by atoms with van der Waals surface area (Å²) in [4.78, 5) is 22.9. The van der Waals surface area contributed by atoms with Crippen LogP contribution in [0.2, 0.25) is 0 Å². The summed E-state index contributed by atoms with van der Waals surface area (Å²) in [5, 5.41) is 22.2. The Kier molecular flexibility index (Phi) is 6.13. The number of aliphatic hydroxyl groups excluding tert-OH is 2. The van der Waals surface area contributed by atoms with Gasteiger partial charge in [-0.05, 0) is 12.1 Å². The molecule has 1 aromatic carbocycles. The third-order valence-corrected chi connectivity index (χ3v) is 3.52. The van der Waals surface area contributed by atoms with Gasteiger partial charge in [-0.3, -0.25) is 9.59 Å². The average molecular weight is 339 g/mol. The van der Waals surface area contributed by atoms with Crippen LogP contribution in [0, 0.1) is 0 Å². The van der Waals surface area contributed by atoms with Gasteiger partial charge in [0.2, 0.25) is 12.2 Å². The van der Waals surface area contributed by atoms with Gasteiger partial charge in [0.25, 0.3) is 0 Å². The van der Waals surface area contributed by atoms with Crippen molar-refractivity contribution in [2.24, 2.45) is 0 Å². The summed E-state index contributed by atoms with van der Waals surface area (Å²) in [6.45, 7) is 1.98. The van der Waals surface area contributed by atoms with Crippen molar-refractivity contribution in [3.63, 3.8) is 0 Å². The lowest BCUT2D eigenvalue weighted by molar-refractivity contribution is -0.249. The molecule has 1 amide bonds.